The molecule has 0 radical (unpaired) electrons. The zero-order chi connectivity index (χ0) is 13.1. The number of ether oxygens (including phenoxy) is 1. The summed E-state index contributed by atoms with van der Waals surface area (Å²) in [6.45, 7) is 3.74. The number of pyridine rings is 1. The first-order chi connectivity index (χ1) is 8.60. The highest BCUT2D eigenvalue weighted by Gasteiger charge is 2.25. The van der Waals surface area contributed by atoms with Crippen LogP contribution in [-0.2, 0) is 4.79 Å². The molecular formula is C13H19N3O2. The summed E-state index contributed by atoms with van der Waals surface area (Å²) in [5.41, 5.74) is 1.68. The average molecular weight is 249 g/mol. The van der Waals surface area contributed by atoms with Gasteiger partial charge in [0.2, 0.25) is 5.91 Å². The molecule has 5 heteroatoms. The largest absolute Gasteiger partial charge is 0.493 e. The lowest BCUT2D eigenvalue weighted by atomic mass is 10.2. The minimum atomic E-state index is -0.290. The van der Waals surface area contributed by atoms with E-state index in [4.69, 9.17) is 4.74 Å². The maximum Gasteiger partial charge on any atom is 0.242 e. The first-order valence-electron chi connectivity index (χ1n) is 6.17. The lowest BCUT2D eigenvalue weighted by molar-refractivity contribution is -0.121. The van der Waals surface area contributed by atoms with Crippen molar-refractivity contribution in [3.8, 4) is 5.75 Å². The van der Waals surface area contributed by atoms with Crippen molar-refractivity contribution in [3.63, 3.8) is 0 Å². The average Bonchev–Trinajstić information content (AvgIpc) is 3.13. The van der Waals surface area contributed by atoms with Crippen LogP contribution >= 0.6 is 0 Å². The van der Waals surface area contributed by atoms with Crippen LogP contribution in [0.25, 0.3) is 0 Å². The SMILES string of the molecule is COc1cnc(C)cc1NC(C)C(=O)NC1CC1. The van der Waals surface area contributed by atoms with Gasteiger partial charge in [-0.2, -0.15) is 0 Å². The second-order valence-corrected chi connectivity index (χ2v) is 4.67. The summed E-state index contributed by atoms with van der Waals surface area (Å²) in [4.78, 5) is 16.0. The number of rotatable bonds is 5. The molecule has 0 aliphatic heterocycles. The smallest absolute Gasteiger partial charge is 0.242 e. The van der Waals surface area contributed by atoms with E-state index in [0.717, 1.165) is 24.2 Å². The van der Waals surface area contributed by atoms with E-state index in [1.807, 2.05) is 19.9 Å². The predicted octanol–water partition coefficient (Wildman–Crippen LogP) is 1.48. The first kappa shape index (κ1) is 12.7. The van der Waals surface area contributed by atoms with Gasteiger partial charge in [0.05, 0.1) is 19.0 Å². The molecule has 1 saturated carbocycles. The van der Waals surface area contributed by atoms with Crippen LogP contribution in [0.15, 0.2) is 12.3 Å². The number of hydrogen-bond acceptors (Lipinski definition) is 4. The molecule has 1 unspecified atom stereocenters. The number of anilines is 1. The van der Waals surface area contributed by atoms with Crippen molar-refractivity contribution in [2.45, 2.75) is 38.8 Å². The van der Waals surface area contributed by atoms with Crippen LogP contribution in [0.2, 0.25) is 0 Å². The molecule has 1 aliphatic carbocycles. The number of carbonyl (C=O) groups excluding carboxylic acids is 1. The van der Waals surface area contributed by atoms with Crippen LogP contribution in [-0.4, -0.2) is 30.1 Å². The molecule has 1 aromatic heterocycles. The van der Waals surface area contributed by atoms with Gasteiger partial charge in [-0.3, -0.25) is 9.78 Å². The first-order valence-corrected chi connectivity index (χ1v) is 6.17. The number of nitrogens with zero attached hydrogens (tertiary/aromatic N) is 1. The highest BCUT2D eigenvalue weighted by molar-refractivity contribution is 5.85. The summed E-state index contributed by atoms with van der Waals surface area (Å²) < 4.78 is 5.22. The Kier molecular flexibility index (Phi) is 3.69. The molecule has 1 atom stereocenters. The summed E-state index contributed by atoms with van der Waals surface area (Å²) in [5, 5.41) is 6.13. The molecule has 1 aromatic rings. The summed E-state index contributed by atoms with van der Waals surface area (Å²) in [7, 11) is 1.59. The lowest BCUT2D eigenvalue weighted by Crippen LogP contribution is -2.38. The number of carbonyl (C=O) groups is 1. The van der Waals surface area contributed by atoms with E-state index < -0.39 is 0 Å². The van der Waals surface area contributed by atoms with Crippen LogP contribution in [0.4, 0.5) is 5.69 Å². The van der Waals surface area contributed by atoms with Crippen LogP contribution in [0.3, 0.4) is 0 Å². The van der Waals surface area contributed by atoms with Gasteiger partial charge in [-0.15, -0.1) is 0 Å². The van der Waals surface area contributed by atoms with E-state index in [1.54, 1.807) is 13.3 Å². The van der Waals surface area contributed by atoms with Gasteiger partial charge in [-0.25, -0.2) is 0 Å². The van der Waals surface area contributed by atoms with Crippen LogP contribution in [0.1, 0.15) is 25.5 Å². The van der Waals surface area contributed by atoms with E-state index in [-0.39, 0.29) is 11.9 Å². The Balaban J connectivity index is 2.02. The molecule has 5 nitrogen and oxygen atoms in total. The number of methoxy groups -OCH3 is 1. The Morgan fingerprint density at radius 3 is 2.89 bits per heavy atom. The minimum absolute atomic E-state index is 0.0222. The van der Waals surface area contributed by atoms with Crippen molar-refractivity contribution in [1.29, 1.82) is 0 Å². The van der Waals surface area contributed by atoms with Gasteiger partial charge in [-0.1, -0.05) is 0 Å². The van der Waals surface area contributed by atoms with E-state index in [0.29, 0.717) is 11.8 Å². The zero-order valence-corrected chi connectivity index (χ0v) is 11.0. The number of aromatic nitrogens is 1. The monoisotopic (exact) mass is 249 g/mol. The van der Waals surface area contributed by atoms with Crippen molar-refractivity contribution in [2.75, 3.05) is 12.4 Å². The quantitative estimate of drug-likeness (QED) is 0.829. The Hall–Kier alpha value is -1.78. The maximum atomic E-state index is 11.9. The number of amides is 1. The van der Waals surface area contributed by atoms with Gasteiger partial charge >= 0.3 is 0 Å². The van der Waals surface area contributed by atoms with Gasteiger partial charge in [0.15, 0.2) is 5.75 Å². The van der Waals surface area contributed by atoms with Crippen molar-refractivity contribution in [1.82, 2.24) is 10.3 Å². The molecule has 1 fully saturated rings. The molecule has 18 heavy (non-hydrogen) atoms. The van der Waals surface area contributed by atoms with E-state index >= 15 is 0 Å². The Morgan fingerprint density at radius 2 is 2.28 bits per heavy atom. The van der Waals surface area contributed by atoms with Gasteiger partial charge in [0.25, 0.3) is 0 Å². The predicted molar refractivity (Wildman–Crippen MR) is 69.8 cm³/mol. The van der Waals surface area contributed by atoms with Crippen molar-refractivity contribution >= 4 is 11.6 Å². The zero-order valence-electron chi connectivity index (χ0n) is 11.0. The number of nitrogens with one attached hydrogen (secondary N) is 2. The van der Waals surface area contributed by atoms with Gasteiger partial charge in [0, 0.05) is 11.7 Å². The second kappa shape index (κ2) is 5.25. The molecule has 1 heterocycles. The van der Waals surface area contributed by atoms with Crippen LogP contribution in [0.5, 0.6) is 5.75 Å². The third-order valence-electron chi connectivity index (χ3n) is 2.91. The van der Waals surface area contributed by atoms with E-state index in [2.05, 4.69) is 15.6 Å². The Morgan fingerprint density at radius 1 is 1.56 bits per heavy atom. The summed E-state index contributed by atoms with van der Waals surface area (Å²) in [6, 6.07) is 1.96. The van der Waals surface area contributed by atoms with Crippen LogP contribution < -0.4 is 15.4 Å². The summed E-state index contributed by atoms with van der Waals surface area (Å²) in [6.07, 6.45) is 3.84. The molecule has 0 saturated heterocycles. The third kappa shape index (κ3) is 3.12. The molecule has 1 amide bonds. The Labute approximate surface area is 107 Å². The highest BCUT2D eigenvalue weighted by atomic mass is 16.5. The van der Waals surface area contributed by atoms with E-state index in [9.17, 15) is 4.79 Å². The topological polar surface area (TPSA) is 63.2 Å². The second-order valence-electron chi connectivity index (χ2n) is 4.67. The highest BCUT2D eigenvalue weighted by Crippen LogP contribution is 2.24. The van der Waals surface area contributed by atoms with Crippen molar-refractivity contribution in [2.24, 2.45) is 0 Å². The third-order valence-corrected chi connectivity index (χ3v) is 2.91. The van der Waals surface area contributed by atoms with Gasteiger partial charge < -0.3 is 15.4 Å². The maximum absolute atomic E-state index is 11.9. The molecule has 98 valence electrons. The van der Waals surface area contributed by atoms with Crippen molar-refractivity contribution in [3.05, 3.63) is 18.0 Å². The summed E-state index contributed by atoms with van der Waals surface area (Å²) in [5.74, 6) is 0.667. The van der Waals surface area contributed by atoms with Crippen LogP contribution in [0, 0.1) is 6.92 Å². The van der Waals surface area contributed by atoms with Crippen molar-refractivity contribution < 1.29 is 9.53 Å². The fourth-order valence-electron chi connectivity index (χ4n) is 1.68. The molecule has 0 aromatic carbocycles. The number of aryl methyl sites for hydroxylation is 1. The standard InChI is InChI=1S/C13H19N3O2/c1-8-6-11(12(18-3)7-14-8)15-9(2)13(17)16-10-4-5-10/h6-7,9-10H,4-5H2,1-3H3,(H,14,15)(H,16,17). The minimum Gasteiger partial charge on any atom is -0.493 e. The molecule has 2 N–H and O–H groups in total. The molecule has 1 aliphatic rings. The normalized spacial score (nSPS) is 15.9. The molecule has 0 bridgehead atoms. The van der Waals surface area contributed by atoms with Gasteiger partial charge in [-0.05, 0) is 32.8 Å². The summed E-state index contributed by atoms with van der Waals surface area (Å²) >= 11 is 0. The number of hydrogen-bond donors (Lipinski definition) is 2. The molecule has 0 spiro atoms. The molecular weight excluding hydrogens is 230 g/mol. The van der Waals surface area contributed by atoms with E-state index in [1.165, 1.54) is 0 Å². The van der Waals surface area contributed by atoms with Gasteiger partial charge in [0.1, 0.15) is 6.04 Å². The Bertz CT molecular complexity index is 444. The molecule has 2 rings (SSSR count). The lowest BCUT2D eigenvalue weighted by Gasteiger charge is -2.17. The fraction of sp³-hybridized carbons (Fsp3) is 0.538. The fourth-order valence-corrected chi connectivity index (χ4v) is 1.68.